The zero-order chi connectivity index (χ0) is 15.6. The maximum atomic E-state index is 11.8. The molecule has 0 aromatic heterocycles. The van der Waals surface area contributed by atoms with Gasteiger partial charge in [-0.1, -0.05) is 55.5 Å². The van der Waals surface area contributed by atoms with Gasteiger partial charge in [-0.2, -0.15) is 0 Å². The van der Waals surface area contributed by atoms with Crippen molar-refractivity contribution in [3.63, 3.8) is 0 Å². The Morgan fingerprint density at radius 3 is 2.36 bits per heavy atom. The molecular formula is C19H23NO2. The Balaban J connectivity index is 1.60. The number of carbonyl (C=O) groups is 1. The van der Waals surface area contributed by atoms with Crippen LogP contribution in [0.4, 0.5) is 0 Å². The summed E-state index contributed by atoms with van der Waals surface area (Å²) in [6.07, 6.45) is 1.22. The Hall–Kier alpha value is -2.29. The van der Waals surface area contributed by atoms with Gasteiger partial charge in [-0.3, -0.25) is 4.79 Å². The highest BCUT2D eigenvalue weighted by Gasteiger charge is 2.07. The number of amides is 1. The van der Waals surface area contributed by atoms with Crippen molar-refractivity contribution in [2.75, 3.05) is 13.2 Å². The molecule has 0 radical (unpaired) electrons. The van der Waals surface area contributed by atoms with Crippen molar-refractivity contribution in [3.05, 3.63) is 66.2 Å². The SMILES string of the molecule is CC(CNC(=O)CCCOc1ccccc1)c1ccccc1. The molecule has 0 spiro atoms. The number of hydrogen-bond donors (Lipinski definition) is 1. The van der Waals surface area contributed by atoms with E-state index in [0.29, 0.717) is 25.5 Å². The summed E-state index contributed by atoms with van der Waals surface area (Å²) in [6, 6.07) is 19.9. The summed E-state index contributed by atoms with van der Waals surface area (Å²) in [6.45, 7) is 3.35. The van der Waals surface area contributed by atoms with Gasteiger partial charge in [-0.05, 0) is 30.0 Å². The van der Waals surface area contributed by atoms with Crippen LogP contribution < -0.4 is 10.1 Å². The van der Waals surface area contributed by atoms with Gasteiger partial charge >= 0.3 is 0 Å². The largest absolute Gasteiger partial charge is 0.494 e. The van der Waals surface area contributed by atoms with Crippen molar-refractivity contribution in [2.45, 2.75) is 25.7 Å². The predicted octanol–water partition coefficient (Wildman–Crippen LogP) is 3.77. The topological polar surface area (TPSA) is 38.3 Å². The Labute approximate surface area is 132 Å². The average Bonchev–Trinajstić information content (AvgIpc) is 2.58. The van der Waals surface area contributed by atoms with E-state index in [1.54, 1.807) is 0 Å². The fourth-order valence-electron chi connectivity index (χ4n) is 2.19. The second-order valence-corrected chi connectivity index (χ2v) is 5.38. The second kappa shape index (κ2) is 8.88. The number of ether oxygens (including phenoxy) is 1. The number of rotatable bonds is 8. The molecule has 0 bridgehead atoms. The number of carbonyl (C=O) groups excluding carboxylic acids is 1. The lowest BCUT2D eigenvalue weighted by molar-refractivity contribution is -0.121. The fraction of sp³-hybridized carbons (Fsp3) is 0.316. The molecule has 3 nitrogen and oxygen atoms in total. The van der Waals surface area contributed by atoms with Crippen LogP contribution >= 0.6 is 0 Å². The molecule has 22 heavy (non-hydrogen) atoms. The van der Waals surface area contributed by atoms with Crippen molar-refractivity contribution in [2.24, 2.45) is 0 Å². The average molecular weight is 297 g/mol. The van der Waals surface area contributed by atoms with Gasteiger partial charge in [0.05, 0.1) is 6.61 Å². The van der Waals surface area contributed by atoms with Crippen LogP contribution in [0.15, 0.2) is 60.7 Å². The lowest BCUT2D eigenvalue weighted by Gasteiger charge is -2.13. The van der Waals surface area contributed by atoms with Gasteiger partial charge < -0.3 is 10.1 Å². The van der Waals surface area contributed by atoms with Crippen LogP contribution in [-0.4, -0.2) is 19.1 Å². The lowest BCUT2D eigenvalue weighted by atomic mass is 10.0. The first-order chi connectivity index (χ1) is 10.8. The minimum atomic E-state index is 0.0828. The number of para-hydroxylation sites is 1. The van der Waals surface area contributed by atoms with E-state index in [1.807, 2.05) is 48.5 Å². The molecule has 0 aliphatic rings. The van der Waals surface area contributed by atoms with Crippen molar-refractivity contribution >= 4 is 5.91 Å². The van der Waals surface area contributed by atoms with Gasteiger partial charge in [0.2, 0.25) is 5.91 Å². The van der Waals surface area contributed by atoms with Crippen LogP contribution in [0, 0.1) is 0 Å². The molecule has 0 heterocycles. The maximum absolute atomic E-state index is 11.8. The molecule has 1 atom stereocenters. The summed E-state index contributed by atoms with van der Waals surface area (Å²) >= 11 is 0. The van der Waals surface area contributed by atoms with E-state index in [4.69, 9.17) is 4.74 Å². The highest BCUT2D eigenvalue weighted by Crippen LogP contribution is 2.13. The van der Waals surface area contributed by atoms with Crippen LogP contribution in [0.1, 0.15) is 31.2 Å². The van der Waals surface area contributed by atoms with E-state index in [0.717, 1.165) is 12.2 Å². The molecular weight excluding hydrogens is 274 g/mol. The van der Waals surface area contributed by atoms with Crippen molar-refractivity contribution in [1.29, 1.82) is 0 Å². The molecule has 1 unspecified atom stereocenters. The zero-order valence-electron chi connectivity index (χ0n) is 13.0. The van der Waals surface area contributed by atoms with Gasteiger partial charge in [0.1, 0.15) is 5.75 Å². The van der Waals surface area contributed by atoms with Gasteiger partial charge in [-0.15, -0.1) is 0 Å². The third kappa shape index (κ3) is 5.60. The fourth-order valence-corrected chi connectivity index (χ4v) is 2.19. The molecule has 1 amide bonds. The molecule has 0 aliphatic heterocycles. The van der Waals surface area contributed by atoms with Gasteiger partial charge in [0, 0.05) is 13.0 Å². The molecule has 0 saturated heterocycles. The first kappa shape index (κ1) is 16.1. The highest BCUT2D eigenvalue weighted by molar-refractivity contribution is 5.75. The number of benzene rings is 2. The molecule has 3 heteroatoms. The Morgan fingerprint density at radius 2 is 1.68 bits per heavy atom. The molecule has 1 N–H and O–H groups in total. The van der Waals surface area contributed by atoms with Gasteiger partial charge in [0.15, 0.2) is 0 Å². The standard InChI is InChI=1S/C19H23NO2/c1-16(17-9-4-2-5-10-17)15-20-19(21)13-8-14-22-18-11-6-3-7-12-18/h2-7,9-12,16H,8,13-15H2,1H3,(H,20,21). The highest BCUT2D eigenvalue weighted by atomic mass is 16.5. The first-order valence-corrected chi connectivity index (χ1v) is 7.75. The first-order valence-electron chi connectivity index (χ1n) is 7.75. The van der Waals surface area contributed by atoms with Gasteiger partial charge in [0.25, 0.3) is 0 Å². The molecule has 116 valence electrons. The number of nitrogens with one attached hydrogen (secondary N) is 1. The van der Waals surface area contributed by atoms with E-state index < -0.39 is 0 Å². The minimum Gasteiger partial charge on any atom is -0.494 e. The number of hydrogen-bond acceptors (Lipinski definition) is 2. The summed E-state index contributed by atoms with van der Waals surface area (Å²) in [4.78, 5) is 11.8. The van der Waals surface area contributed by atoms with Gasteiger partial charge in [-0.25, -0.2) is 0 Å². The molecule has 2 rings (SSSR count). The smallest absolute Gasteiger partial charge is 0.220 e. The molecule has 0 saturated carbocycles. The summed E-state index contributed by atoms with van der Waals surface area (Å²) in [5, 5.41) is 2.99. The third-order valence-corrected chi connectivity index (χ3v) is 3.53. The maximum Gasteiger partial charge on any atom is 0.220 e. The van der Waals surface area contributed by atoms with Crippen LogP contribution in [0.5, 0.6) is 5.75 Å². The monoisotopic (exact) mass is 297 g/mol. The molecule has 2 aromatic carbocycles. The summed E-state index contributed by atoms with van der Waals surface area (Å²) < 4.78 is 5.57. The van der Waals surface area contributed by atoms with Crippen LogP contribution in [-0.2, 0) is 4.79 Å². The van der Waals surface area contributed by atoms with E-state index in [1.165, 1.54) is 5.56 Å². The van der Waals surface area contributed by atoms with Crippen molar-refractivity contribution in [3.8, 4) is 5.75 Å². The summed E-state index contributed by atoms with van der Waals surface area (Å²) in [5.74, 6) is 1.26. The summed E-state index contributed by atoms with van der Waals surface area (Å²) in [5.41, 5.74) is 1.25. The summed E-state index contributed by atoms with van der Waals surface area (Å²) in [7, 11) is 0. The van der Waals surface area contributed by atoms with Crippen LogP contribution in [0.25, 0.3) is 0 Å². The molecule has 0 aliphatic carbocycles. The molecule has 0 fully saturated rings. The predicted molar refractivity (Wildman–Crippen MR) is 89.0 cm³/mol. The Bertz CT molecular complexity index is 554. The van der Waals surface area contributed by atoms with Crippen LogP contribution in [0.3, 0.4) is 0 Å². The van der Waals surface area contributed by atoms with E-state index >= 15 is 0 Å². The molecule has 2 aromatic rings. The normalized spacial score (nSPS) is 11.7. The second-order valence-electron chi connectivity index (χ2n) is 5.38. The quantitative estimate of drug-likeness (QED) is 0.753. The van der Waals surface area contributed by atoms with E-state index in [2.05, 4.69) is 24.4 Å². The van der Waals surface area contributed by atoms with E-state index in [9.17, 15) is 4.79 Å². The third-order valence-electron chi connectivity index (χ3n) is 3.53. The van der Waals surface area contributed by atoms with Crippen molar-refractivity contribution in [1.82, 2.24) is 5.32 Å². The zero-order valence-corrected chi connectivity index (χ0v) is 13.0. The minimum absolute atomic E-state index is 0.0828. The van der Waals surface area contributed by atoms with Crippen molar-refractivity contribution < 1.29 is 9.53 Å². The Kier molecular flexibility index (Phi) is 6.49. The van der Waals surface area contributed by atoms with Crippen LogP contribution in [0.2, 0.25) is 0 Å². The Morgan fingerprint density at radius 1 is 1.05 bits per heavy atom. The lowest BCUT2D eigenvalue weighted by Crippen LogP contribution is -2.27. The van der Waals surface area contributed by atoms with E-state index in [-0.39, 0.29) is 5.91 Å².